The molecule has 0 aliphatic rings. The van der Waals surface area contributed by atoms with Crippen LogP contribution in [0.4, 0.5) is 0 Å². The average molecular weight is 617 g/mol. The molecule has 0 saturated heterocycles. The molecular weight excluding hydrogens is 552 g/mol. The first kappa shape index (κ1) is 37.8. The summed E-state index contributed by atoms with van der Waals surface area (Å²) in [5, 5.41) is 3.41. The number of nitrogens with zero attached hydrogens (tertiary/aromatic N) is 5. The fourth-order valence-electron chi connectivity index (χ4n) is 7.55. The number of rotatable bonds is 6. The topological polar surface area (TPSA) is 94.2 Å². The van der Waals surface area contributed by atoms with Crippen molar-refractivity contribution in [1.29, 1.82) is 0 Å². The van der Waals surface area contributed by atoms with Gasteiger partial charge in [0, 0.05) is 38.6 Å². The lowest BCUT2D eigenvalue weighted by atomic mass is 9.60. The molecule has 0 fully saturated rings. The number of amides is 1. The molecular formula is C35H64N6O3. The number of fused-ring (bicyclic) bond motifs is 1. The Morgan fingerprint density at radius 2 is 1.07 bits per heavy atom. The van der Waals surface area contributed by atoms with E-state index in [9.17, 15) is 14.4 Å². The van der Waals surface area contributed by atoms with Crippen LogP contribution >= 0.6 is 0 Å². The third-order valence-corrected chi connectivity index (χ3v) is 9.90. The van der Waals surface area contributed by atoms with Crippen molar-refractivity contribution in [2.24, 2.45) is 5.41 Å². The highest BCUT2D eigenvalue weighted by molar-refractivity contribution is 5.87. The van der Waals surface area contributed by atoms with Crippen LogP contribution in [0.3, 0.4) is 0 Å². The molecule has 0 aliphatic carbocycles. The largest absolute Gasteiger partial charge is 0.349 e. The number of carbonyl (C=O) groups is 1. The summed E-state index contributed by atoms with van der Waals surface area (Å²) in [5.41, 5.74) is -4.71. The molecule has 1 N–H and O–H groups in total. The molecule has 1 amide bonds. The molecule has 2 aromatic heterocycles. The van der Waals surface area contributed by atoms with Crippen molar-refractivity contribution in [1.82, 2.24) is 28.9 Å². The van der Waals surface area contributed by atoms with E-state index in [0.29, 0.717) is 5.82 Å². The van der Waals surface area contributed by atoms with Gasteiger partial charge in [0.25, 0.3) is 5.56 Å². The van der Waals surface area contributed by atoms with Gasteiger partial charge >= 0.3 is 5.69 Å². The minimum atomic E-state index is -1.21. The van der Waals surface area contributed by atoms with E-state index in [1.165, 1.54) is 4.57 Å². The maximum Gasteiger partial charge on any atom is 0.333 e. The van der Waals surface area contributed by atoms with Crippen molar-refractivity contribution in [3.8, 4) is 0 Å². The van der Waals surface area contributed by atoms with Crippen LogP contribution in [-0.2, 0) is 21.4 Å². The Bertz CT molecular complexity index is 1520. The van der Waals surface area contributed by atoms with E-state index in [1.807, 2.05) is 55.4 Å². The smallest absolute Gasteiger partial charge is 0.333 e. The number of imidazole rings is 1. The van der Waals surface area contributed by atoms with Crippen LogP contribution in [0.2, 0.25) is 0 Å². The molecule has 0 spiro atoms. The number of aromatic nitrogens is 4. The van der Waals surface area contributed by atoms with E-state index >= 15 is 0 Å². The summed E-state index contributed by atoms with van der Waals surface area (Å²) in [6.45, 7) is 43.2. The van der Waals surface area contributed by atoms with Crippen LogP contribution in [0.25, 0.3) is 11.2 Å². The lowest BCUT2D eigenvalue weighted by Crippen LogP contribution is -2.73. The minimum absolute atomic E-state index is 0.138. The molecule has 2 aromatic rings. The molecule has 0 aromatic carbocycles. The predicted octanol–water partition coefficient (Wildman–Crippen LogP) is 6.51. The van der Waals surface area contributed by atoms with Crippen molar-refractivity contribution < 1.29 is 4.79 Å². The molecule has 2 rings (SSSR count). The number of carbonyl (C=O) groups excluding carboxylic acids is 1. The van der Waals surface area contributed by atoms with E-state index < -0.39 is 38.8 Å². The fraction of sp³-hybridized carbons (Fsp3) is 0.829. The van der Waals surface area contributed by atoms with Crippen LogP contribution in [0.15, 0.2) is 9.59 Å². The zero-order valence-corrected chi connectivity index (χ0v) is 32.0. The second-order valence-corrected chi connectivity index (χ2v) is 18.8. The molecule has 0 atom stereocenters. The Morgan fingerprint density at radius 1 is 0.659 bits per heavy atom. The van der Waals surface area contributed by atoms with Gasteiger partial charge in [-0.15, -0.1) is 0 Å². The Balaban J connectivity index is 2.85. The van der Waals surface area contributed by atoms with Crippen LogP contribution < -0.4 is 16.6 Å². The second kappa shape index (κ2) is 10.6. The monoisotopic (exact) mass is 617 g/mol. The van der Waals surface area contributed by atoms with Crippen molar-refractivity contribution in [2.75, 3.05) is 0 Å². The Hall–Kier alpha value is -2.42. The summed E-state index contributed by atoms with van der Waals surface area (Å²) in [5.74, 6) is 0.257. The summed E-state index contributed by atoms with van der Waals surface area (Å²) in [4.78, 5) is 49.8. The number of nitrogens with one attached hydrogen (secondary N) is 1. The van der Waals surface area contributed by atoms with Crippen molar-refractivity contribution in [2.45, 2.75) is 184 Å². The van der Waals surface area contributed by atoms with Gasteiger partial charge in [0.05, 0.1) is 0 Å². The van der Waals surface area contributed by atoms with Gasteiger partial charge in [-0.05, 0) is 132 Å². The van der Waals surface area contributed by atoms with Gasteiger partial charge in [-0.2, -0.15) is 0 Å². The van der Waals surface area contributed by atoms with Gasteiger partial charge in [0.2, 0.25) is 5.91 Å². The van der Waals surface area contributed by atoms with Gasteiger partial charge in [-0.1, -0.05) is 13.8 Å². The number of hydrogen-bond acceptors (Lipinski definition) is 5. The van der Waals surface area contributed by atoms with Crippen molar-refractivity contribution in [3.05, 3.63) is 26.7 Å². The van der Waals surface area contributed by atoms with Crippen LogP contribution in [0.5, 0.6) is 0 Å². The van der Waals surface area contributed by atoms with E-state index in [1.54, 1.807) is 16.1 Å². The van der Waals surface area contributed by atoms with Crippen LogP contribution in [0, 0.1) is 12.3 Å². The lowest BCUT2D eigenvalue weighted by molar-refractivity contribution is -0.143. The lowest BCUT2D eigenvalue weighted by Gasteiger charge is -2.63. The van der Waals surface area contributed by atoms with Crippen LogP contribution in [-0.4, -0.2) is 51.6 Å². The third kappa shape index (κ3) is 6.06. The maximum atomic E-state index is 14.5. The highest BCUT2D eigenvalue weighted by Crippen LogP contribution is 2.49. The van der Waals surface area contributed by atoms with Crippen molar-refractivity contribution in [3.63, 3.8) is 0 Å². The SMILES string of the molecule is Cc1nc2c(c(=O)n(C(C)(C)C)c(=O)n2C(C)(C)C)n1C(C)(C)C(=O)NC(C)(C)C(C)(C)C(C)(C)N(C(C)(C)C)C(C)(C)C. The average Bonchev–Trinajstić information content (AvgIpc) is 3.05. The summed E-state index contributed by atoms with van der Waals surface area (Å²) in [6, 6.07) is 0. The molecule has 2 heterocycles. The van der Waals surface area contributed by atoms with Gasteiger partial charge in [0.1, 0.15) is 11.4 Å². The quantitative estimate of drug-likeness (QED) is 0.399. The third-order valence-electron chi connectivity index (χ3n) is 9.90. The van der Waals surface area contributed by atoms with E-state index in [4.69, 9.17) is 4.98 Å². The molecule has 9 heteroatoms. The van der Waals surface area contributed by atoms with Gasteiger partial charge < -0.3 is 9.88 Å². The summed E-state index contributed by atoms with van der Waals surface area (Å²) in [7, 11) is 0. The highest BCUT2D eigenvalue weighted by Gasteiger charge is 2.56. The predicted molar refractivity (Wildman–Crippen MR) is 184 cm³/mol. The van der Waals surface area contributed by atoms with Gasteiger partial charge in [-0.25, -0.2) is 9.78 Å². The summed E-state index contributed by atoms with van der Waals surface area (Å²) >= 11 is 0. The summed E-state index contributed by atoms with van der Waals surface area (Å²) < 4.78 is 4.58. The molecule has 0 unspecified atom stereocenters. The summed E-state index contributed by atoms with van der Waals surface area (Å²) in [6.07, 6.45) is 0. The molecule has 0 radical (unpaired) electrons. The molecule has 44 heavy (non-hydrogen) atoms. The van der Waals surface area contributed by atoms with Crippen molar-refractivity contribution >= 4 is 17.1 Å². The first-order chi connectivity index (χ1) is 19.1. The number of hydrogen-bond donors (Lipinski definition) is 1. The molecule has 0 aliphatic heterocycles. The zero-order valence-electron chi connectivity index (χ0n) is 32.0. The Kier molecular flexibility index (Phi) is 9.07. The molecule has 0 saturated carbocycles. The Morgan fingerprint density at radius 3 is 1.43 bits per heavy atom. The highest BCUT2D eigenvalue weighted by atomic mass is 16.2. The standard InChI is InChI=1S/C35H64N6O3/c1-22-36-24-23(25(42)40(29(5,6)7)27(44)39(24)28(2,3)4)38(22)32(14,15)26(43)37-34(18,19)33(16,17)35(20,21)41(30(8,9)10)31(11,12)13/h1-21H3,(H,37,43). The zero-order chi connectivity index (χ0) is 35.2. The minimum Gasteiger partial charge on any atom is -0.349 e. The van der Waals surface area contributed by atoms with E-state index in [2.05, 4.69) is 93.3 Å². The first-order valence-electron chi connectivity index (χ1n) is 16.0. The fourth-order valence-corrected chi connectivity index (χ4v) is 7.55. The molecule has 0 bridgehead atoms. The molecule has 9 nitrogen and oxygen atoms in total. The Labute approximate surface area is 266 Å². The van der Waals surface area contributed by atoms with Gasteiger partial charge in [0.15, 0.2) is 11.2 Å². The molecule has 252 valence electrons. The normalized spacial score (nSPS) is 15.0. The van der Waals surface area contributed by atoms with Gasteiger partial charge in [-0.3, -0.25) is 23.6 Å². The number of aryl methyl sites for hydroxylation is 1. The van der Waals surface area contributed by atoms with E-state index in [0.717, 1.165) is 0 Å². The van der Waals surface area contributed by atoms with E-state index in [-0.39, 0.29) is 33.7 Å². The maximum absolute atomic E-state index is 14.5. The first-order valence-corrected chi connectivity index (χ1v) is 16.0. The second-order valence-electron chi connectivity index (χ2n) is 18.8. The van der Waals surface area contributed by atoms with Crippen LogP contribution in [0.1, 0.15) is 144 Å².